The quantitative estimate of drug-likeness (QED) is 0.470. The molecular formula is C12H23N. The molecule has 0 unspecified atom stereocenters. The van der Waals surface area contributed by atoms with Gasteiger partial charge in [0.2, 0.25) is 0 Å². The van der Waals surface area contributed by atoms with Crippen LogP contribution in [-0.4, -0.2) is 13.1 Å². The summed E-state index contributed by atoms with van der Waals surface area (Å²) >= 11 is 0. The van der Waals surface area contributed by atoms with Crippen molar-refractivity contribution in [3.05, 3.63) is 12.7 Å². The molecule has 1 saturated carbocycles. The van der Waals surface area contributed by atoms with Gasteiger partial charge in [0.15, 0.2) is 0 Å². The van der Waals surface area contributed by atoms with Crippen LogP contribution in [0.1, 0.15) is 39.5 Å². The fourth-order valence-corrected chi connectivity index (χ4v) is 1.83. The monoisotopic (exact) mass is 181 g/mol. The van der Waals surface area contributed by atoms with Gasteiger partial charge in [-0.1, -0.05) is 19.9 Å². The number of allylic oxidation sites excluding steroid dienone is 1. The van der Waals surface area contributed by atoms with Crippen LogP contribution in [0.4, 0.5) is 0 Å². The van der Waals surface area contributed by atoms with E-state index >= 15 is 0 Å². The Kier molecular flexibility index (Phi) is 3.98. The molecular weight excluding hydrogens is 158 g/mol. The van der Waals surface area contributed by atoms with Crippen molar-refractivity contribution < 1.29 is 0 Å². The lowest BCUT2D eigenvalue weighted by Gasteiger charge is -2.19. The molecule has 76 valence electrons. The normalized spacial score (nSPS) is 19.0. The lowest BCUT2D eigenvalue weighted by atomic mass is 9.92. The zero-order valence-electron chi connectivity index (χ0n) is 9.10. The molecule has 0 aliphatic heterocycles. The fourth-order valence-electron chi connectivity index (χ4n) is 1.83. The van der Waals surface area contributed by atoms with Gasteiger partial charge in [0.1, 0.15) is 0 Å². The number of hydrogen-bond acceptors (Lipinski definition) is 1. The second kappa shape index (κ2) is 4.80. The van der Waals surface area contributed by atoms with Crippen molar-refractivity contribution in [2.75, 3.05) is 13.1 Å². The van der Waals surface area contributed by atoms with Gasteiger partial charge < -0.3 is 5.32 Å². The van der Waals surface area contributed by atoms with Gasteiger partial charge in [-0.3, -0.25) is 0 Å². The van der Waals surface area contributed by atoms with Crippen molar-refractivity contribution in [2.45, 2.75) is 39.5 Å². The molecule has 0 atom stereocenters. The molecule has 1 N–H and O–H groups in total. The Hall–Kier alpha value is -0.300. The van der Waals surface area contributed by atoms with E-state index in [0.717, 1.165) is 18.9 Å². The molecule has 1 nitrogen and oxygen atoms in total. The van der Waals surface area contributed by atoms with E-state index in [1.54, 1.807) is 0 Å². The summed E-state index contributed by atoms with van der Waals surface area (Å²) in [6.07, 6.45) is 7.23. The molecule has 0 bridgehead atoms. The van der Waals surface area contributed by atoms with Crippen molar-refractivity contribution in [3.8, 4) is 0 Å². The third-order valence-corrected chi connectivity index (χ3v) is 3.36. The predicted molar refractivity (Wildman–Crippen MR) is 58.8 cm³/mol. The highest BCUT2D eigenvalue weighted by Crippen LogP contribution is 2.51. The maximum absolute atomic E-state index is 3.72. The SMILES string of the molecule is C=CCCCNCC1(C(C)C)CC1. The summed E-state index contributed by atoms with van der Waals surface area (Å²) in [5, 5.41) is 3.56. The van der Waals surface area contributed by atoms with Crippen LogP contribution >= 0.6 is 0 Å². The highest BCUT2D eigenvalue weighted by Gasteiger charge is 2.44. The summed E-state index contributed by atoms with van der Waals surface area (Å²) in [6, 6.07) is 0. The number of hydrogen-bond donors (Lipinski definition) is 1. The van der Waals surface area contributed by atoms with Crippen LogP contribution in [0.5, 0.6) is 0 Å². The first-order valence-electron chi connectivity index (χ1n) is 5.53. The Bertz CT molecular complexity index is 157. The molecule has 1 rings (SSSR count). The molecule has 0 radical (unpaired) electrons. The second-order valence-corrected chi connectivity index (χ2v) is 4.62. The van der Waals surface area contributed by atoms with Crippen LogP contribution in [0.25, 0.3) is 0 Å². The van der Waals surface area contributed by atoms with Gasteiger partial charge in [-0.25, -0.2) is 0 Å². The number of nitrogens with one attached hydrogen (secondary N) is 1. The van der Waals surface area contributed by atoms with Gasteiger partial charge in [-0.15, -0.1) is 6.58 Å². The summed E-state index contributed by atoms with van der Waals surface area (Å²) < 4.78 is 0. The minimum Gasteiger partial charge on any atom is -0.316 e. The molecule has 0 aromatic carbocycles. The lowest BCUT2D eigenvalue weighted by molar-refractivity contribution is 0.338. The second-order valence-electron chi connectivity index (χ2n) is 4.62. The molecule has 1 aliphatic rings. The van der Waals surface area contributed by atoms with E-state index in [1.807, 2.05) is 6.08 Å². The van der Waals surface area contributed by atoms with Crippen molar-refractivity contribution in [2.24, 2.45) is 11.3 Å². The number of unbranched alkanes of at least 4 members (excludes halogenated alkanes) is 1. The summed E-state index contributed by atoms with van der Waals surface area (Å²) in [6.45, 7) is 10.8. The highest BCUT2D eigenvalue weighted by atomic mass is 14.9. The maximum atomic E-state index is 3.72. The van der Waals surface area contributed by atoms with E-state index in [1.165, 1.54) is 25.8 Å². The lowest BCUT2D eigenvalue weighted by Crippen LogP contribution is -2.28. The van der Waals surface area contributed by atoms with E-state index in [4.69, 9.17) is 0 Å². The highest BCUT2D eigenvalue weighted by molar-refractivity contribution is 4.96. The minimum atomic E-state index is 0.661. The zero-order valence-corrected chi connectivity index (χ0v) is 9.10. The van der Waals surface area contributed by atoms with E-state index < -0.39 is 0 Å². The van der Waals surface area contributed by atoms with Crippen molar-refractivity contribution in [1.82, 2.24) is 5.32 Å². The van der Waals surface area contributed by atoms with Crippen LogP contribution in [0.15, 0.2) is 12.7 Å². The third-order valence-electron chi connectivity index (χ3n) is 3.36. The van der Waals surface area contributed by atoms with Crippen molar-refractivity contribution in [1.29, 1.82) is 0 Å². The van der Waals surface area contributed by atoms with Crippen LogP contribution in [-0.2, 0) is 0 Å². The van der Waals surface area contributed by atoms with E-state index in [0.29, 0.717) is 5.41 Å². The predicted octanol–water partition coefficient (Wildman–Crippen LogP) is 2.98. The molecule has 1 fully saturated rings. The van der Waals surface area contributed by atoms with Crippen molar-refractivity contribution in [3.63, 3.8) is 0 Å². The molecule has 13 heavy (non-hydrogen) atoms. The van der Waals surface area contributed by atoms with Crippen LogP contribution in [0.2, 0.25) is 0 Å². The van der Waals surface area contributed by atoms with Gasteiger partial charge in [-0.05, 0) is 43.6 Å². The standard InChI is InChI=1S/C12H23N/c1-4-5-6-9-13-10-12(7-8-12)11(2)3/h4,11,13H,1,5-10H2,2-3H3. The maximum Gasteiger partial charge on any atom is 0.00103 e. The topological polar surface area (TPSA) is 12.0 Å². The van der Waals surface area contributed by atoms with E-state index in [9.17, 15) is 0 Å². The largest absolute Gasteiger partial charge is 0.316 e. The molecule has 0 heterocycles. The Morgan fingerprint density at radius 3 is 2.62 bits per heavy atom. The fraction of sp³-hybridized carbons (Fsp3) is 0.833. The van der Waals surface area contributed by atoms with E-state index in [-0.39, 0.29) is 0 Å². The number of rotatable bonds is 7. The summed E-state index contributed by atoms with van der Waals surface area (Å²) in [4.78, 5) is 0. The zero-order chi connectivity index (χ0) is 9.73. The summed E-state index contributed by atoms with van der Waals surface area (Å²) in [5.74, 6) is 0.847. The third kappa shape index (κ3) is 3.15. The molecule has 0 aromatic heterocycles. The Labute approximate surface area is 82.6 Å². The van der Waals surface area contributed by atoms with Gasteiger partial charge in [0, 0.05) is 6.54 Å². The molecule has 0 amide bonds. The average Bonchev–Trinajstić information content (AvgIpc) is 2.85. The van der Waals surface area contributed by atoms with Gasteiger partial charge in [-0.2, -0.15) is 0 Å². The van der Waals surface area contributed by atoms with E-state index in [2.05, 4.69) is 25.7 Å². The molecule has 0 aromatic rings. The molecule has 1 heteroatoms. The molecule has 0 spiro atoms. The van der Waals surface area contributed by atoms with Crippen LogP contribution in [0, 0.1) is 11.3 Å². The smallest absolute Gasteiger partial charge is 0.00103 e. The van der Waals surface area contributed by atoms with Crippen LogP contribution in [0.3, 0.4) is 0 Å². The average molecular weight is 181 g/mol. The Morgan fingerprint density at radius 1 is 1.46 bits per heavy atom. The summed E-state index contributed by atoms with van der Waals surface area (Å²) in [5.41, 5.74) is 0.661. The summed E-state index contributed by atoms with van der Waals surface area (Å²) in [7, 11) is 0. The minimum absolute atomic E-state index is 0.661. The first kappa shape index (κ1) is 10.8. The van der Waals surface area contributed by atoms with Crippen LogP contribution < -0.4 is 5.32 Å². The van der Waals surface area contributed by atoms with Gasteiger partial charge >= 0.3 is 0 Å². The Morgan fingerprint density at radius 2 is 2.15 bits per heavy atom. The van der Waals surface area contributed by atoms with Crippen molar-refractivity contribution >= 4 is 0 Å². The van der Waals surface area contributed by atoms with Gasteiger partial charge in [0.25, 0.3) is 0 Å². The molecule has 1 aliphatic carbocycles. The molecule has 0 saturated heterocycles. The first-order valence-corrected chi connectivity index (χ1v) is 5.53. The Balaban J connectivity index is 2.02. The first-order chi connectivity index (χ1) is 6.21. The van der Waals surface area contributed by atoms with Gasteiger partial charge in [0.05, 0.1) is 0 Å².